The van der Waals surface area contributed by atoms with E-state index in [4.69, 9.17) is 27.9 Å². The molecule has 0 saturated carbocycles. The van der Waals surface area contributed by atoms with Gasteiger partial charge in [0.2, 0.25) is 11.8 Å². The number of carbonyl (C=O) groups excluding carboxylic acids is 2. The normalized spacial score (nSPS) is 22.0. The predicted octanol–water partition coefficient (Wildman–Crippen LogP) is 2.64. The van der Waals surface area contributed by atoms with Crippen molar-refractivity contribution < 1.29 is 14.3 Å². The van der Waals surface area contributed by atoms with Crippen molar-refractivity contribution in [2.24, 2.45) is 4.99 Å². The average Bonchev–Trinajstić information content (AvgIpc) is 2.46. The molecule has 0 aliphatic carbocycles. The van der Waals surface area contributed by atoms with Crippen molar-refractivity contribution in [1.29, 1.82) is 0 Å². The maximum Gasteiger partial charge on any atom is 0.249 e. The molecule has 2 heterocycles. The zero-order valence-electron chi connectivity index (χ0n) is 12.4. The zero-order valence-corrected chi connectivity index (χ0v) is 13.9. The molecule has 0 aromatic heterocycles. The molecule has 8 heteroatoms. The summed E-state index contributed by atoms with van der Waals surface area (Å²) in [5.74, 6) is 0.0175. The molecule has 2 aliphatic rings. The molecule has 3 rings (SSSR count). The van der Waals surface area contributed by atoms with Crippen LogP contribution in [0.3, 0.4) is 0 Å². The van der Waals surface area contributed by atoms with Gasteiger partial charge in [0.25, 0.3) is 0 Å². The first kappa shape index (κ1) is 16.2. The maximum absolute atomic E-state index is 12.1. The second kappa shape index (κ2) is 6.47. The van der Waals surface area contributed by atoms with Crippen LogP contribution in [0.5, 0.6) is 0 Å². The quantitative estimate of drug-likeness (QED) is 0.786. The number of rotatable bonds is 1. The highest BCUT2D eigenvalue weighted by molar-refractivity contribution is 6.36. The van der Waals surface area contributed by atoms with Crippen molar-refractivity contribution in [3.63, 3.8) is 0 Å². The van der Waals surface area contributed by atoms with Gasteiger partial charge in [-0.25, -0.2) is 4.99 Å². The Labute approximate surface area is 143 Å². The van der Waals surface area contributed by atoms with Crippen molar-refractivity contribution in [1.82, 2.24) is 10.2 Å². The molecule has 6 nitrogen and oxygen atoms in total. The van der Waals surface area contributed by atoms with Crippen LogP contribution in [0.4, 0.5) is 5.69 Å². The number of halogens is 2. The molecule has 1 aromatic rings. The average molecular weight is 356 g/mol. The minimum Gasteiger partial charge on any atom is -0.356 e. The van der Waals surface area contributed by atoms with E-state index in [9.17, 15) is 9.59 Å². The summed E-state index contributed by atoms with van der Waals surface area (Å²) in [4.78, 5) is 29.7. The molecule has 1 fully saturated rings. The van der Waals surface area contributed by atoms with Gasteiger partial charge in [0.15, 0.2) is 0 Å². The van der Waals surface area contributed by atoms with Crippen molar-refractivity contribution in [2.75, 3.05) is 6.73 Å². The van der Waals surface area contributed by atoms with E-state index in [0.717, 1.165) is 5.56 Å². The second-order valence-electron chi connectivity index (χ2n) is 5.47. The van der Waals surface area contributed by atoms with Crippen LogP contribution in [0.15, 0.2) is 17.1 Å². The van der Waals surface area contributed by atoms with Crippen molar-refractivity contribution in [3.05, 3.63) is 27.7 Å². The fourth-order valence-corrected chi connectivity index (χ4v) is 3.30. The molecular formula is C15H15Cl2N3O3. The Morgan fingerprint density at radius 2 is 2.13 bits per heavy atom. The summed E-state index contributed by atoms with van der Waals surface area (Å²) < 4.78 is 5.69. The molecule has 1 unspecified atom stereocenters. The molecule has 1 saturated heterocycles. The molecule has 2 amide bonds. The van der Waals surface area contributed by atoms with Gasteiger partial charge < -0.3 is 9.64 Å². The lowest BCUT2D eigenvalue weighted by Crippen LogP contribution is -2.54. The van der Waals surface area contributed by atoms with Crippen LogP contribution < -0.4 is 5.32 Å². The SMILES string of the molecule is CC1=Nc2c(Cl)cc(Cl)cc2COCN1C1CCC(=O)NC1=O. The summed E-state index contributed by atoms with van der Waals surface area (Å²) in [6.07, 6.45) is 0.731. The first-order chi connectivity index (χ1) is 11.0. The minimum atomic E-state index is -0.482. The van der Waals surface area contributed by atoms with Gasteiger partial charge >= 0.3 is 0 Å². The predicted molar refractivity (Wildman–Crippen MR) is 86.9 cm³/mol. The lowest BCUT2D eigenvalue weighted by Gasteiger charge is -2.35. The van der Waals surface area contributed by atoms with Gasteiger partial charge in [0, 0.05) is 17.0 Å². The molecule has 0 bridgehead atoms. The number of hydrogen-bond acceptors (Lipinski definition) is 5. The van der Waals surface area contributed by atoms with E-state index in [-0.39, 0.29) is 25.2 Å². The molecule has 0 radical (unpaired) electrons. The monoisotopic (exact) mass is 355 g/mol. The van der Waals surface area contributed by atoms with E-state index in [1.165, 1.54) is 0 Å². The Balaban J connectivity index is 1.95. The van der Waals surface area contributed by atoms with Crippen LogP contribution in [0, 0.1) is 0 Å². The largest absolute Gasteiger partial charge is 0.356 e. The fourth-order valence-electron chi connectivity index (χ4n) is 2.72. The Morgan fingerprint density at radius 3 is 2.87 bits per heavy atom. The third-order valence-corrected chi connectivity index (χ3v) is 4.38. The molecule has 1 N–H and O–H groups in total. The van der Waals surface area contributed by atoms with Crippen LogP contribution in [-0.4, -0.2) is 35.3 Å². The van der Waals surface area contributed by atoms with Crippen LogP contribution in [0.25, 0.3) is 0 Å². The molecule has 1 aromatic carbocycles. The second-order valence-corrected chi connectivity index (χ2v) is 6.31. The fraction of sp³-hybridized carbons (Fsp3) is 0.400. The number of amidine groups is 1. The van der Waals surface area contributed by atoms with E-state index < -0.39 is 6.04 Å². The summed E-state index contributed by atoms with van der Waals surface area (Å²) in [5.41, 5.74) is 1.38. The van der Waals surface area contributed by atoms with Gasteiger partial charge in [-0.1, -0.05) is 23.2 Å². The lowest BCUT2D eigenvalue weighted by molar-refractivity contribution is -0.137. The number of amides is 2. The van der Waals surface area contributed by atoms with Gasteiger partial charge in [-0.15, -0.1) is 0 Å². The van der Waals surface area contributed by atoms with Crippen LogP contribution >= 0.6 is 23.2 Å². The van der Waals surface area contributed by atoms with E-state index >= 15 is 0 Å². The van der Waals surface area contributed by atoms with Crippen LogP contribution in [0.1, 0.15) is 25.3 Å². The smallest absolute Gasteiger partial charge is 0.249 e. The Bertz CT molecular complexity index is 705. The van der Waals surface area contributed by atoms with Crippen molar-refractivity contribution >= 4 is 46.5 Å². The zero-order chi connectivity index (χ0) is 16.6. The summed E-state index contributed by atoms with van der Waals surface area (Å²) >= 11 is 12.2. The van der Waals surface area contributed by atoms with Crippen LogP contribution in [-0.2, 0) is 20.9 Å². The lowest BCUT2D eigenvalue weighted by atomic mass is 10.0. The van der Waals surface area contributed by atoms with E-state index in [2.05, 4.69) is 10.3 Å². The van der Waals surface area contributed by atoms with Crippen LogP contribution in [0.2, 0.25) is 10.0 Å². The number of fused-ring (bicyclic) bond motifs is 1. The molecule has 1 atom stereocenters. The Kier molecular flexibility index (Phi) is 4.57. The Morgan fingerprint density at radius 1 is 1.35 bits per heavy atom. The number of carbonyl (C=O) groups is 2. The molecular weight excluding hydrogens is 341 g/mol. The summed E-state index contributed by atoms with van der Waals surface area (Å²) in [6.45, 7) is 2.27. The molecule has 2 aliphatic heterocycles. The van der Waals surface area contributed by atoms with Gasteiger partial charge in [-0.05, 0) is 25.5 Å². The van der Waals surface area contributed by atoms with Crippen molar-refractivity contribution in [3.8, 4) is 0 Å². The summed E-state index contributed by atoms with van der Waals surface area (Å²) in [6, 6.07) is 2.90. The number of aliphatic imine (C=N–C) groups is 1. The van der Waals surface area contributed by atoms with Crippen molar-refractivity contribution in [2.45, 2.75) is 32.4 Å². The number of nitrogens with zero attached hydrogens (tertiary/aromatic N) is 2. The number of imide groups is 1. The highest BCUT2D eigenvalue weighted by Crippen LogP contribution is 2.34. The van der Waals surface area contributed by atoms with Gasteiger partial charge in [-0.3, -0.25) is 14.9 Å². The topological polar surface area (TPSA) is 71.0 Å². The third-order valence-electron chi connectivity index (χ3n) is 3.87. The summed E-state index contributed by atoms with van der Waals surface area (Å²) in [7, 11) is 0. The van der Waals surface area contributed by atoms with E-state index in [1.807, 2.05) is 0 Å². The minimum absolute atomic E-state index is 0.200. The highest BCUT2D eigenvalue weighted by Gasteiger charge is 2.33. The molecule has 23 heavy (non-hydrogen) atoms. The van der Waals surface area contributed by atoms with Gasteiger partial charge in [-0.2, -0.15) is 0 Å². The highest BCUT2D eigenvalue weighted by atomic mass is 35.5. The number of piperidine rings is 1. The number of benzene rings is 1. The van der Waals surface area contributed by atoms with Gasteiger partial charge in [0.05, 0.1) is 17.3 Å². The standard InChI is InChI=1S/C15H15Cl2N3O3/c1-8-18-14-9(4-10(16)5-11(14)17)6-23-7-20(8)12-2-3-13(21)19-15(12)22/h4-5,12H,2-3,6-7H2,1H3,(H,19,21,22). The number of hydrogen-bond donors (Lipinski definition) is 1. The number of ether oxygens (including phenoxy) is 1. The van der Waals surface area contributed by atoms with Gasteiger partial charge in [0.1, 0.15) is 18.6 Å². The Hall–Kier alpha value is -1.63. The number of nitrogens with one attached hydrogen (secondary N) is 1. The molecule has 0 spiro atoms. The van der Waals surface area contributed by atoms with E-state index in [1.54, 1.807) is 24.0 Å². The first-order valence-electron chi connectivity index (χ1n) is 7.17. The molecule has 122 valence electrons. The first-order valence-corrected chi connectivity index (χ1v) is 7.92. The maximum atomic E-state index is 12.1. The van der Waals surface area contributed by atoms with E-state index in [0.29, 0.717) is 34.4 Å². The summed E-state index contributed by atoms with van der Waals surface area (Å²) in [5, 5.41) is 3.30. The third kappa shape index (κ3) is 3.34.